The second-order valence-corrected chi connectivity index (χ2v) is 5.99. The van der Waals surface area contributed by atoms with E-state index in [9.17, 15) is 0 Å². The number of nitrogens with zero attached hydrogens (tertiary/aromatic N) is 1. The van der Waals surface area contributed by atoms with Gasteiger partial charge in [-0.1, -0.05) is 36.9 Å². The maximum absolute atomic E-state index is 5.68. The molecule has 0 saturated heterocycles. The highest BCUT2D eigenvalue weighted by Crippen LogP contribution is 2.19. The second-order valence-electron chi connectivity index (χ2n) is 5.01. The van der Waals surface area contributed by atoms with Gasteiger partial charge >= 0.3 is 0 Å². The van der Waals surface area contributed by atoms with Crippen LogP contribution in [0.15, 0.2) is 59.4 Å². The van der Waals surface area contributed by atoms with Crippen LogP contribution >= 0.6 is 11.3 Å². The third-order valence-corrected chi connectivity index (χ3v) is 4.38. The molecule has 0 aliphatic heterocycles. The SMILES string of the molecule is C=CCOc1ccccc1CNC(=NC)NC(C)c1cccs1. The summed E-state index contributed by atoms with van der Waals surface area (Å²) in [4.78, 5) is 5.57. The number of aliphatic imine (C=N–C) groups is 1. The van der Waals surface area contributed by atoms with Crippen molar-refractivity contribution in [3.05, 3.63) is 64.9 Å². The quantitative estimate of drug-likeness (QED) is 0.462. The van der Waals surface area contributed by atoms with E-state index in [2.05, 4.69) is 46.6 Å². The number of hydrogen-bond donors (Lipinski definition) is 2. The summed E-state index contributed by atoms with van der Waals surface area (Å²) in [5.74, 6) is 1.63. The minimum atomic E-state index is 0.216. The van der Waals surface area contributed by atoms with Crippen molar-refractivity contribution >= 4 is 17.3 Å². The molecule has 2 N–H and O–H groups in total. The lowest BCUT2D eigenvalue weighted by atomic mass is 10.2. The van der Waals surface area contributed by atoms with E-state index < -0.39 is 0 Å². The Labute approximate surface area is 141 Å². The molecule has 0 bridgehead atoms. The van der Waals surface area contributed by atoms with E-state index in [4.69, 9.17) is 4.74 Å². The summed E-state index contributed by atoms with van der Waals surface area (Å²) in [6, 6.07) is 12.4. The Morgan fingerprint density at radius 2 is 2.17 bits per heavy atom. The molecule has 1 aromatic carbocycles. The Hall–Kier alpha value is -2.27. The fraction of sp³-hybridized carbons (Fsp3) is 0.278. The molecule has 2 rings (SSSR count). The molecule has 122 valence electrons. The van der Waals surface area contributed by atoms with Crippen LogP contribution < -0.4 is 15.4 Å². The minimum absolute atomic E-state index is 0.216. The summed E-state index contributed by atoms with van der Waals surface area (Å²) in [6.07, 6.45) is 1.74. The van der Waals surface area contributed by atoms with E-state index >= 15 is 0 Å². The van der Waals surface area contributed by atoms with Crippen LogP contribution in [0.2, 0.25) is 0 Å². The fourth-order valence-corrected chi connectivity index (χ4v) is 2.86. The highest BCUT2D eigenvalue weighted by atomic mass is 32.1. The number of rotatable bonds is 7. The van der Waals surface area contributed by atoms with Gasteiger partial charge in [-0.25, -0.2) is 0 Å². The average Bonchev–Trinajstić information content (AvgIpc) is 3.12. The van der Waals surface area contributed by atoms with Gasteiger partial charge in [0.25, 0.3) is 0 Å². The van der Waals surface area contributed by atoms with Crippen molar-refractivity contribution in [2.75, 3.05) is 13.7 Å². The van der Waals surface area contributed by atoms with Crippen molar-refractivity contribution in [3.63, 3.8) is 0 Å². The molecule has 0 saturated carbocycles. The molecular weight excluding hydrogens is 306 g/mol. The van der Waals surface area contributed by atoms with Crippen molar-refractivity contribution in [1.29, 1.82) is 0 Å². The van der Waals surface area contributed by atoms with Crippen molar-refractivity contribution in [2.45, 2.75) is 19.5 Å². The van der Waals surface area contributed by atoms with Crippen LogP contribution in [-0.4, -0.2) is 19.6 Å². The smallest absolute Gasteiger partial charge is 0.191 e. The lowest BCUT2D eigenvalue weighted by Crippen LogP contribution is -2.38. The van der Waals surface area contributed by atoms with Crippen LogP contribution in [0.1, 0.15) is 23.4 Å². The van der Waals surface area contributed by atoms with E-state index in [0.717, 1.165) is 17.3 Å². The highest BCUT2D eigenvalue weighted by Gasteiger charge is 2.09. The summed E-state index contributed by atoms with van der Waals surface area (Å²) >= 11 is 1.73. The molecule has 1 aromatic heterocycles. The number of para-hydroxylation sites is 1. The standard InChI is InChI=1S/C18H23N3OS/c1-4-11-22-16-9-6-5-8-15(16)13-20-18(19-3)21-14(2)17-10-7-12-23-17/h4-10,12,14H,1,11,13H2,2-3H3,(H2,19,20,21). The van der Waals surface area contributed by atoms with Gasteiger partial charge in [0.15, 0.2) is 5.96 Å². The Balaban J connectivity index is 1.94. The Morgan fingerprint density at radius 3 is 2.87 bits per heavy atom. The van der Waals surface area contributed by atoms with E-state index in [0.29, 0.717) is 13.2 Å². The largest absolute Gasteiger partial charge is 0.489 e. The van der Waals surface area contributed by atoms with Crippen molar-refractivity contribution in [2.24, 2.45) is 4.99 Å². The maximum Gasteiger partial charge on any atom is 0.191 e. The van der Waals surface area contributed by atoms with Crippen molar-refractivity contribution in [1.82, 2.24) is 10.6 Å². The van der Waals surface area contributed by atoms with Crippen LogP contribution in [-0.2, 0) is 6.54 Å². The fourth-order valence-electron chi connectivity index (χ4n) is 2.13. The minimum Gasteiger partial charge on any atom is -0.489 e. The second kappa shape index (κ2) is 9.00. The molecule has 0 amide bonds. The van der Waals surface area contributed by atoms with E-state index in [1.807, 2.05) is 24.3 Å². The highest BCUT2D eigenvalue weighted by molar-refractivity contribution is 7.10. The topological polar surface area (TPSA) is 45.6 Å². The monoisotopic (exact) mass is 329 g/mol. The molecule has 1 heterocycles. The van der Waals surface area contributed by atoms with E-state index in [1.165, 1.54) is 4.88 Å². The Morgan fingerprint density at radius 1 is 1.35 bits per heavy atom. The number of hydrogen-bond acceptors (Lipinski definition) is 3. The molecule has 0 spiro atoms. The Kier molecular flexibility index (Phi) is 6.69. The number of benzene rings is 1. The lowest BCUT2D eigenvalue weighted by molar-refractivity contribution is 0.358. The van der Waals surface area contributed by atoms with E-state index in [1.54, 1.807) is 24.5 Å². The molecule has 0 aliphatic carbocycles. The summed E-state index contributed by atoms with van der Waals surface area (Å²) in [5, 5.41) is 8.81. The summed E-state index contributed by atoms with van der Waals surface area (Å²) in [5.41, 5.74) is 1.08. The Bertz CT molecular complexity index is 637. The van der Waals surface area contributed by atoms with Crippen molar-refractivity contribution < 1.29 is 4.74 Å². The van der Waals surface area contributed by atoms with Gasteiger partial charge in [-0.15, -0.1) is 11.3 Å². The number of nitrogens with one attached hydrogen (secondary N) is 2. The third-order valence-electron chi connectivity index (χ3n) is 3.32. The third kappa shape index (κ3) is 5.14. The average molecular weight is 329 g/mol. The number of ether oxygens (including phenoxy) is 1. The van der Waals surface area contributed by atoms with Gasteiger partial charge in [-0.05, 0) is 24.4 Å². The molecule has 23 heavy (non-hydrogen) atoms. The van der Waals surface area contributed by atoms with Gasteiger partial charge in [0.2, 0.25) is 0 Å². The molecule has 1 unspecified atom stereocenters. The zero-order valence-electron chi connectivity index (χ0n) is 13.6. The predicted molar refractivity (Wildman–Crippen MR) is 98.2 cm³/mol. The molecule has 2 aromatic rings. The first-order valence-electron chi connectivity index (χ1n) is 7.56. The van der Waals surface area contributed by atoms with Gasteiger partial charge in [-0.2, -0.15) is 0 Å². The zero-order chi connectivity index (χ0) is 16.5. The number of thiophene rings is 1. The zero-order valence-corrected chi connectivity index (χ0v) is 14.4. The van der Waals surface area contributed by atoms with Crippen LogP contribution in [0, 0.1) is 0 Å². The molecular formula is C18H23N3OS. The van der Waals surface area contributed by atoms with Crippen LogP contribution in [0.3, 0.4) is 0 Å². The first-order valence-corrected chi connectivity index (χ1v) is 8.44. The van der Waals surface area contributed by atoms with Gasteiger partial charge in [-0.3, -0.25) is 4.99 Å². The predicted octanol–water partition coefficient (Wildman–Crippen LogP) is 3.74. The molecule has 0 aliphatic rings. The molecule has 0 fully saturated rings. The first kappa shape index (κ1) is 17.1. The summed E-state index contributed by atoms with van der Waals surface area (Å²) < 4.78 is 5.68. The van der Waals surface area contributed by atoms with Crippen LogP contribution in [0.5, 0.6) is 5.75 Å². The van der Waals surface area contributed by atoms with Gasteiger partial charge in [0.05, 0.1) is 6.04 Å². The van der Waals surface area contributed by atoms with Gasteiger partial charge < -0.3 is 15.4 Å². The van der Waals surface area contributed by atoms with Crippen molar-refractivity contribution in [3.8, 4) is 5.75 Å². The summed E-state index contributed by atoms with van der Waals surface area (Å²) in [6.45, 7) is 6.95. The first-order chi connectivity index (χ1) is 11.2. The van der Waals surface area contributed by atoms with E-state index in [-0.39, 0.29) is 6.04 Å². The van der Waals surface area contributed by atoms with Gasteiger partial charge in [0.1, 0.15) is 12.4 Å². The maximum atomic E-state index is 5.68. The normalized spacial score (nSPS) is 12.5. The van der Waals surface area contributed by atoms with Crippen LogP contribution in [0.4, 0.5) is 0 Å². The lowest BCUT2D eigenvalue weighted by Gasteiger charge is -2.18. The van der Waals surface area contributed by atoms with Crippen LogP contribution in [0.25, 0.3) is 0 Å². The van der Waals surface area contributed by atoms with Gasteiger partial charge in [0, 0.05) is 24.0 Å². The molecule has 0 radical (unpaired) electrons. The molecule has 1 atom stereocenters. The molecule has 5 heteroatoms. The summed E-state index contributed by atoms with van der Waals surface area (Å²) in [7, 11) is 1.77. The molecule has 4 nitrogen and oxygen atoms in total. The number of guanidine groups is 1.